The SMILES string of the molecule is Cn1ccc(/C=C/C(=O)c2ccc(Cl)c(Cl)c2)n1. The third-order valence-corrected chi connectivity index (χ3v) is 3.08. The van der Waals surface area contributed by atoms with Crippen LogP contribution in [0.2, 0.25) is 10.0 Å². The summed E-state index contributed by atoms with van der Waals surface area (Å²) in [6, 6.07) is 6.61. The first-order valence-electron chi connectivity index (χ1n) is 5.23. The van der Waals surface area contributed by atoms with Gasteiger partial charge in [0, 0.05) is 18.8 Å². The van der Waals surface area contributed by atoms with Gasteiger partial charge in [0.15, 0.2) is 5.78 Å². The van der Waals surface area contributed by atoms with Gasteiger partial charge in [-0.1, -0.05) is 23.2 Å². The number of aromatic nitrogens is 2. The smallest absolute Gasteiger partial charge is 0.185 e. The molecule has 0 aliphatic carbocycles. The fourth-order valence-corrected chi connectivity index (χ4v) is 1.73. The molecule has 0 amide bonds. The van der Waals surface area contributed by atoms with E-state index in [0.717, 1.165) is 5.69 Å². The highest BCUT2D eigenvalue weighted by atomic mass is 35.5. The highest BCUT2D eigenvalue weighted by molar-refractivity contribution is 6.42. The minimum absolute atomic E-state index is 0.140. The fourth-order valence-electron chi connectivity index (χ4n) is 1.43. The lowest BCUT2D eigenvalue weighted by Crippen LogP contribution is -1.94. The number of hydrogen-bond acceptors (Lipinski definition) is 2. The zero-order valence-electron chi connectivity index (χ0n) is 9.60. The van der Waals surface area contributed by atoms with Gasteiger partial charge >= 0.3 is 0 Å². The molecule has 0 N–H and O–H groups in total. The number of carbonyl (C=O) groups excluding carboxylic acids is 1. The molecule has 0 saturated carbocycles. The molecule has 5 heteroatoms. The van der Waals surface area contributed by atoms with Gasteiger partial charge in [-0.3, -0.25) is 9.48 Å². The molecule has 0 unspecified atom stereocenters. The topological polar surface area (TPSA) is 34.9 Å². The van der Waals surface area contributed by atoms with Crippen molar-refractivity contribution in [1.29, 1.82) is 0 Å². The van der Waals surface area contributed by atoms with Crippen LogP contribution in [0.4, 0.5) is 0 Å². The molecule has 0 radical (unpaired) electrons. The first-order chi connectivity index (χ1) is 8.56. The Balaban J connectivity index is 2.16. The minimum Gasteiger partial charge on any atom is -0.289 e. The molecule has 1 aromatic carbocycles. The summed E-state index contributed by atoms with van der Waals surface area (Å²) in [6.45, 7) is 0. The maximum Gasteiger partial charge on any atom is 0.185 e. The molecular formula is C13H10Cl2N2O. The summed E-state index contributed by atoms with van der Waals surface area (Å²) < 4.78 is 1.67. The van der Waals surface area contributed by atoms with Gasteiger partial charge in [-0.25, -0.2) is 0 Å². The minimum atomic E-state index is -0.140. The van der Waals surface area contributed by atoms with Gasteiger partial charge in [-0.15, -0.1) is 0 Å². The summed E-state index contributed by atoms with van der Waals surface area (Å²) in [4.78, 5) is 11.9. The first-order valence-corrected chi connectivity index (χ1v) is 5.99. The zero-order chi connectivity index (χ0) is 13.1. The molecule has 1 aromatic heterocycles. The highest BCUT2D eigenvalue weighted by Gasteiger charge is 2.05. The summed E-state index contributed by atoms with van der Waals surface area (Å²) in [5, 5.41) is 4.94. The summed E-state index contributed by atoms with van der Waals surface area (Å²) in [5.74, 6) is -0.140. The van der Waals surface area contributed by atoms with Crippen LogP contribution in [-0.4, -0.2) is 15.6 Å². The van der Waals surface area contributed by atoms with Crippen molar-refractivity contribution in [3.63, 3.8) is 0 Å². The van der Waals surface area contributed by atoms with Crippen LogP contribution >= 0.6 is 23.2 Å². The average Bonchev–Trinajstić information content (AvgIpc) is 2.75. The van der Waals surface area contributed by atoms with Gasteiger partial charge < -0.3 is 0 Å². The number of carbonyl (C=O) groups is 1. The maximum absolute atomic E-state index is 11.9. The predicted molar refractivity (Wildman–Crippen MR) is 73.0 cm³/mol. The van der Waals surface area contributed by atoms with Gasteiger partial charge in [-0.2, -0.15) is 5.10 Å². The molecule has 2 rings (SSSR count). The van der Waals surface area contributed by atoms with Crippen molar-refractivity contribution in [2.75, 3.05) is 0 Å². The monoisotopic (exact) mass is 280 g/mol. The summed E-state index contributed by atoms with van der Waals surface area (Å²) in [6.07, 6.45) is 4.93. The number of halogens is 2. The Morgan fingerprint density at radius 1 is 1.28 bits per heavy atom. The Kier molecular flexibility index (Phi) is 3.84. The Morgan fingerprint density at radius 2 is 2.06 bits per heavy atom. The van der Waals surface area contributed by atoms with Crippen molar-refractivity contribution in [2.24, 2.45) is 7.05 Å². The van der Waals surface area contributed by atoms with Crippen molar-refractivity contribution < 1.29 is 4.79 Å². The van der Waals surface area contributed by atoms with E-state index in [1.54, 1.807) is 29.0 Å². The normalized spacial score (nSPS) is 11.1. The van der Waals surface area contributed by atoms with Crippen LogP contribution in [0, 0.1) is 0 Å². The van der Waals surface area contributed by atoms with Crippen molar-refractivity contribution in [1.82, 2.24) is 9.78 Å². The second-order valence-electron chi connectivity index (χ2n) is 3.74. The van der Waals surface area contributed by atoms with E-state index >= 15 is 0 Å². The van der Waals surface area contributed by atoms with E-state index in [0.29, 0.717) is 15.6 Å². The average molecular weight is 281 g/mol. The Labute approximate surface area is 115 Å². The van der Waals surface area contributed by atoms with Gasteiger partial charge in [-0.05, 0) is 36.4 Å². The molecule has 0 bridgehead atoms. The number of allylic oxidation sites excluding steroid dienone is 1. The molecule has 0 aliphatic rings. The predicted octanol–water partition coefficient (Wildman–Crippen LogP) is 3.62. The summed E-state index contributed by atoms with van der Waals surface area (Å²) in [5.41, 5.74) is 1.22. The molecule has 3 nitrogen and oxygen atoms in total. The Hall–Kier alpha value is -1.58. The largest absolute Gasteiger partial charge is 0.289 e. The van der Waals surface area contributed by atoms with Crippen molar-refractivity contribution >= 4 is 35.1 Å². The van der Waals surface area contributed by atoms with Crippen LogP contribution in [0.1, 0.15) is 16.1 Å². The van der Waals surface area contributed by atoms with Gasteiger partial charge in [0.25, 0.3) is 0 Å². The zero-order valence-corrected chi connectivity index (χ0v) is 11.1. The lowest BCUT2D eigenvalue weighted by atomic mass is 10.1. The van der Waals surface area contributed by atoms with E-state index in [1.807, 2.05) is 19.3 Å². The molecule has 0 saturated heterocycles. The standard InChI is InChI=1S/C13H10Cl2N2O/c1-17-7-6-10(16-17)3-5-13(18)9-2-4-11(14)12(15)8-9/h2-8H,1H3/b5-3+. The lowest BCUT2D eigenvalue weighted by molar-refractivity contribution is 0.104. The number of rotatable bonds is 3. The van der Waals surface area contributed by atoms with Crippen LogP contribution in [0.15, 0.2) is 36.5 Å². The molecule has 18 heavy (non-hydrogen) atoms. The number of benzene rings is 1. The first kappa shape index (κ1) is 12.9. The molecule has 92 valence electrons. The van der Waals surface area contributed by atoms with E-state index in [4.69, 9.17) is 23.2 Å². The van der Waals surface area contributed by atoms with Gasteiger partial charge in [0.2, 0.25) is 0 Å². The van der Waals surface area contributed by atoms with Crippen molar-refractivity contribution in [3.8, 4) is 0 Å². The second kappa shape index (κ2) is 5.38. The molecule has 0 fully saturated rings. The molecule has 2 aromatic rings. The van der Waals surface area contributed by atoms with E-state index in [9.17, 15) is 4.79 Å². The van der Waals surface area contributed by atoms with Gasteiger partial charge in [0.1, 0.15) is 0 Å². The van der Waals surface area contributed by atoms with Crippen LogP contribution in [0.25, 0.3) is 6.08 Å². The third kappa shape index (κ3) is 3.00. The molecule has 0 aliphatic heterocycles. The second-order valence-corrected chi connectivity index (χ2v) is 4.56. The number of nitrogens with zero attached hydrogens (tertiary/aromatic N) is 2. The van der Waals surface area contributed by atoms with E-state index in [2.05, 4.69) is 5.10 Å². The van der Waals surface area contributed by atoms with Gasteiger partial charge in [0.05, 0.1) is 15.7 Å². The molecule has 0 spiro atoms. The van der Waals surface area contributed by atoms with Crippen molar-refractivity contribution in [3.05, 3.63) is 57.8 Å². The van der Waals surface area contributed by atoms with E-state index < -0.39 is 0 Å². The van der Waals surface area contributed by atoms with Crippen LogP contribution in [0.3, 0.4) is 0 Å². The fraction of sp³-hybridized carbons (Fsp3) is 0.0769. The molecule has 1 heterocycles. The number of aryl methyl sites for hydroxylation is 1. The quantitative estimate of drug-likeness (QED) is 0.636. The van der Waals surface area contributed by atoms with Crippen LogP contribution in [-0.2, 0) is 7.05 Å². The molecule has 0 atom stereocenters. The van der Waals surface area contributed by atoms with Crippen molar-refractivity contribution in [2.45, 2.75) is 0 Å². The van der Waals surface area contributed by atoms with Crippen LogP contribution in [0.5, 0.6) is 0 Å². The maximum atomic E-state index is 11.9. The van der Waals surface area contributed by atoms with E-state index in [-0.39, 0.29) is 5.78 Å². The highest BCUT2D eigenvalue weighted by Crippen LogP contribution is 2.22. The Bertz CT molecular complexity index is 617. The summed E-state index contributed by atoms with van der Waals surface area (Å²) >= 11 is 11.6. The Morgan fingerprint density at radius 3 is 2.67 bits per heavy atom. The third-order valence-electron chi connectivity index (χ3n) is 2.34. The summed E-state index contributed by atoms with van der Waals surface area (Å²) in [7, 11) is 1.82. The lowest BCUT2D eigenvalue weighted by Gasteiger charge is -1.98. The van der Waals surface area contributed by atoms with Crippen LogP contribution < -0.4 is 0 Å². The number of ketones is 1. The molecular weight excluding hydrogens is 271 g/mol. The van der Waals surface area contributed by atoms with E-state index in [1.165, 1.54) is 6.08 Å². The number of hydrogen-bond donors (Lipinski definition) is 0.